The first-order valence-electron chi connectivity index (χ1n) is 15.6. The molecule has 0 atom stereocenters. The van der Waals surface area contributed by atoms with Gasteiger partial charge >= 0.3 is 0 Å². The van der Waals surface area contributed by atoms with E-state index >= 15 is 0 Å². The van der Waals surface area contributed by atoms with Gasteiger partial charge in [0.25, 0.3) is 0 Å². The van der Waals surface area contributed by atoms with Crippen molar-refractivity contribution in [1.82, 2.24) is 29.8 Å². The number of sulfone groups is 1. The van der Waals surface area contributed by atoms with E-state index in [4.69, 9.17) is 4.74 Å². The summed E-state index contributed by atoms with van der Waals surface area (Å²) in [7, 11) is -1.87. The summed E-state index contributed by atoms with van der Waals surface area (Å²) in [5.41, 5.74) is 2.22. The normalized spacial score (nSPS) is 16.4. The standard InChI is InChI=1S/C32H40N10O3S/c1-23(2)46(43,44)29-8-5-4-7-27(29)38-31-36-22-35-30(39-31)37-26-10-9-25(21-28(26)45-3)40-15-11-24(12-16-40)41-17-19-42(20-18-41)32-33-13-6-14-34-32/h4-10,13-14,21-24H,11-12,15-20H2,1-3H3,(H2,35,36,37,38,39). The number of hydrogen-bond acceptors (Lipinski definition) is 13. The Bertz CT molecular complexity index is 1730. The molecular formula is C32H40N10O3S. The van der Waals surface area contributed by atoms with Crippen molar-refractivity contribution in [3.8, 4) is 5.75 Å². The molecule has 2 aromatic heterocycles. The monoisotopic (exact) mass is 644 g/mol. The van der Waals surface area contributed by atoms with Crippen molar-refractivity contribution in [2.45, 2.75) is 42.9 Å². The average molecular weight is 645 g/mol. The van der Waals surface area contributed by atoms with E-state index in [1.54, 1.807) is 57.6 Å². The zero-order valence-corrected chi connectivity index (χ0v) is 27.2. The number of anilines is 6. The molecule has 2 saturated heterocycles. The summed E-state index contributed by atoms with van der Waals surface area (Å²) in [5.74, 6) is 2.00. The molecule has 0 saturated carbocycles. The van der Waals surface area contributed by atoms with Crippen LogP contribution in [0.15, 0.2) is 72.1 Å². The number of rotatable bonds is 10. The number of hydrogen-bond donors (Lipinski definition) is 2. The Labute approximate surface area is 270 Å². The van der Waals surface area contributed by atoms with Gasteiger partial charge in [0.05, 0.1) is 28.6 Å². The molecule has 0 spiro atoms. The lowest BCUT2D eigenvalue weighted by Gasteiger charge is -2.43. The highest BCUT2D eigenvalue weighted by molar-refractivity contribution is 7.92. The Balaban J connectivity index is 1.07. The van der Waals surface area contributed by atoms with Gasteiger partial charge in [0.15, 0.2) is 9.84 Å². The molecule has 4 heterocycles. The highest BCUT2D eigenvalue weighted by Gasteiger charge is 2.29. The minimum Gasteiger partial charge on any atom is -0.494 e. The molecule has 6 rings (SSSR count). The molecule has 2 N–H and O–H groups in total. The molecule has 0 amide bonds. The predicted molar refractivity (Wildman–Crippen MR) is 179 cm³/mol. The van der Waals surface area contributed by atoms with Gasteiger partial charge in [-0.25, -0.2) is 28.4 Å². The molecule has 2 aliphatic rings. The summed E-state index contributed by atoms with van der Waals surface area (Å²) in [4.78, 5) is 29.2. The fourth-order valence-electron chi connectivity index (χ4n) is 5.94. The van der Waals surface area contributed by atoms with Crippen molar-refractivity contribution in [3.63, 3.8) is 0 Å². The van der Waals surface area contributed by atoms with Crippen LogP contribution in [0, 0.1) is 0 Å². The highest BCUT2D eigenvalue weighted by atomic mass is 32.2. The Hall–Kier alpha value is -4.56. The van der Waals surface area contributed by atoms with E-state index in [0.29, 0.717) is 29.1 Å². The van der Waals surface area contributed by atoms with E-state index in [-0.39, 0.29) is 10.8 Å². The van der Waals surface area contributed by atoms with Gasteiger partial charge in [0.2, 0.25) is 17.8 Å². The largest absolute Gasteiger partial charge is 0.494 e. The van der Waals surface area contributed by atoms with Gasteiger partial charge in [-0.2, -0.15) is 4.98 Å². The first-order chi connectivity index (χ1) is 22.3. The van der Waals surface area contributed by atoms with Crippen molar-refractivity contribution >= 4 is 44.7 Å². The van der Waals surface area contributed by atoms with Crippen LogP contribution in [0.1, 0.15) is 26.7 Å². The fraction of sp³-hybridized carbons (Fsp3) is 0.406. The molecule has 0 aliphatic carbocycles. The summed E-state index contributed by atoms with van der Waals surface area (Å²) >= 11 is 0. The second-order valence-electron chi connectivity index (χ2n) is 11.6. The summed E-state index contributed by atoms with van der Waals surface area (Å²) in [6.07, 6.45) is 7.18. The lowest BCUT2D eigenvalue weighted by atomic mass is 10.0. The molecule has 0 unspecified atom stereocenters. The second-order valence-corrected chi connectivity index (χ2v) is 14.1. The molecule has 2 aromatic carbocycles. The minimum absolute atomic E-state index is 0.196. The first-order valence-corrected chi connectivity index (χ1v) is 17.1. The summed E-state index contributed by atoms with van der Waals surface area (Å²) in [6, 6.07) is 15.2. The maximum atomic E-state index is 12.9. The molecule has 46 heavy (non-hydrogen) atoms. The van der Waals surface area contributed by atoms with Gasteiger partial charge in [-0.1, -0.05) is 12.1 Å². The number of benzene rings is 2. The van der Waals surface area contributed by atoms with Crippen LogP contribution in [0.4, 0.5) is 34.9 Å². The Morgan fingerprint density at radius 3 is 2.15 bits per heavy atom. The Kier molecular flexibility index (Phi) is 9.45. The van der Waals surface area contributed by atoms with Crippen LogP contribution in [0.2, 0.25) is 0 Å². The van der Waals surface area contributed by atoms with E-state index in [1.807, 2.05) is 18.2 Å². The lowest BCUT2D eigenvalue weighted by molar-refractivity contribution is 0.159. The third-order valence-corrected chi connectivity index (χ3v) is 10.8. The number of piperidine rings is 1. The van der Waals surface area contributed by atoms with Gasteiger partial charge in [0, 0.05) is 69.5 Å². The zero-order valence-electron chi connectivity index (χ0n) is 26.4. The van der Waals surface area contributed by atoms with Gasteiger partial charge in [-0.3, -0.25) is 4.90 Å². The van der Waals surface area contributed by atoms with Gasteiger partial charge in [0.1, 0.15) is 12.1 Å². The van der Waals surface area contributed by atoms with E-state index < -0.39 is 15.1 Å². The fourth-order valence-corrected chi connectivity index (χ4v) is 7.14. The number of methoxy groups -OCH3 is 1. The molecule has 2 fully saturated rings. The Morgan fingerprint density at radius 1 is 0.804 bits per heavy atom. The van der Waals surface area contributed by atoms with Crippen LogP contribution in [0.3, 0.4) is 0 Å². The minimum atomic E-state index is -3.51. The number of nitrogens with zero attached hydrogens (tertiary/aromatic N) is 8. The lowest BCUT2D eigenvalue weighted by Crippen LogP contribution is -2.53. The van der Waals surface area contributed by atoms with E-state index in [1.165, 1.54) is 6.33 Å². The zero-order chi connectivity index (χ0) is 32.1. The van der Waals surface area contributed by atoms with Crippen LogP contribution in [-0.4, -0.2) is 95.9 Å². The van der Waals surface area contributed by atoms with E-state index in [9.17, 15) is 8.42 Å². The quantitative estimate of drug-likeness (QED) is 0.256. The number of para-hydroxylation sites is 1. The molecule has 2 aliphatic heterocycles. The van der Waals surface area contributed by atoms with Crippen LogP contribution in [0.25, 0.3) is 0 Å². The average Bonchev–Trinajstić information content (AvgIpc) is 3.09. The Morgan fingerprint density at radius 2 is 1.48 bits per heavy atom. The molecule has 14 heteroatoms. The first kappa shape index (κ1) is 31.4. The highest BCUT2D eigenvalue weighted by Crippen LogP contribution is 2.33. The molecule has 242 valence electrons. The van der Waals surface area contributed by atoms with Gasteiger partial charge in [-0.15, -0.1) is 0 Å². The van der Waals surface area contributed by atoms with Crippen molar-refractivity contribution < 1.29 is 13.2 Å². The van der Waals surface area contributed by atoms with Crippen LogP contribution in [0.5, 0.6) is 5.75 Å². The van der Waals surface area contributed by atoms with Crippen LogP contribution >= 0.6 is 0 Å². The SMILES string of the molecule is COc1cc(N2CCC(N3CCN(c4ncccn4)CC3)CC2)ccc1Nc1ncnc(Nc2ccccc2S(=O)(=O)C(C)C)n1. The summed E-state index contributed by atoms with van der Waals surface area (Å²) in [5, 5.41) is 5.71. The number of piperazine rings is 1. The maximum Gasteiger partial charge on any atom is 0.232 e. The molecule has 4 aromatic rings. The van der Waals surface area contributed by atoms with Crippen molar-refractivity contribution in [2.24, 2.45) is 0 Å². The van der Waals surface area contributed by atoms with E-state index in [0.717, 1.165) is 63.7 Å². The number of nitrogens with one attached hydrogen (secondary N) is 2. The molecule has 13 nitrogen and oxygen atoms in total. The van der Waals surface area contributed by atoms with Crippen molar-refractivity contribution in [1.29, 1.82) is 0 Å². The third-order valence-electron chi connectivity index (χ3n) is 8.56. The summed E-state index contributed by atoms with van der Waals surface area (Å²) in [6.45, 7) is 9.19. The van der Waals surface area contributed by atoms with Crippen LogP contribution < -0.4 is 25.2 Å². The van der Waals surface area contributed by atoms with E-state index in [2.05, 4.69) is 56.3 Å². The van der Waals surface area contributed by atoms with Crippen molar-refractivity contribution in [3.05, 3.63) is 67.3 Å². The second kappa shape index (κ2) is 13.8. The molecule has 0 bridgehead atoms. The van der Waals surface area contributed by atoms with Crippen LogP contribution in [-0.2, 0) is 9.84 Å². The molecule has 0 radical (unpaired) electrons. The maximum absolute atomic E-state index is 12.9. The van der Waals surface area contributed by atoms with Gasteiger partial charge < -0.3 is 25.2 Å². The smallest absolute Gasteiger partial charge is 0.232 e. The van der Waals surface area contributed by atoms with Crippen molar-refractivity contribution in [2.75, 3.05) is 66.8 Å². The molecular weight excluding hydrogens is 604 g/mol. The number of ether oxygens (including phenoxy) is 1. The number of aromatic nitrogens is 5. The third kappa shape index (κ3) is 6.97. The summed E-state index contributed by atoms with van der Waals surface area (Å²) < 4.78 is 31.5. The topological polar surface area (TPSA) is 142 Å². The van der Waals surface area contributed by atoms with Gasteiger partial charge in [-0.05, 0) is 57.0 Å². The predicted octanol–water partition coefficient (Wildman–Crippen LogP) is 4.13.